The van der Waals surface area contributed by atoms with E-state index in [0.29, 0.717) is 5.02 Å². The van der Waals surface area contributed by atoms with Crippen LogP contribution in [0.15, 0.2) is 42.9 Å². The molecule has 0 bridgehead atoms. The van der Waals surface area contributed by atoms with Gasteiger partial charge in [-0.15, -0.1) is 0 Å². The third-order valence-corrected chi connectivity index (χ3v) is 3.70. The zero-order chi connectivity index (χ0) is 14.7. The van der Waals surface area contributed by atoms with Gasteiger partial charge in [0.15, 0.2) is 0 Å². The molecular weight excluding hydrogens is 284 g/mol. The highest BCUT2D eigenvalue weighted by molar-refractivity contribution is 6.31. The Morgan fingerprint density at radius 3 is 2.95 bits per heavy atom. The molecule has 3 rings (SSSR count). The van der Waals surface area contributed by atoms with Crippen LogP contribution >= 0.6 is 11.6 Å². The van der Waals surface area contributed by atoms with Crippen molar-refractivity contribution in [2.24, 2.45) is 0 Å². The van der Waals surface area contributed by atoms with E-state index >= 15 is 0 Å². The van der Waals surface area contributed by atoms with Gasteiger partial charge >= 0.3 is 0 Å². The quantitative estimate of drug-likeness (QED) is 0.733. The minimum absolute atomic E-state index is 0.687. The summed E-state index contributed by atoms with van der Waals surface area (Å²) in [5, 5.41) is 4.05. The third kappa shape index (κ3) is 2.91. The SMILES string of the molecule is CCCNCc1cc(-n2cnc3ccccc32)ncc1Cl. The summed E-state index contributed by atoms with van der Waals surface area (Å²) in [7, 11) is 0. The number of rotatable bonds is 5. The van der Waals surface area contributed by atoms with E-state index in [0.717, 1.165) is 41.9 Å². The van der Waals surface area contributed by atoms with Crippen molar-refractivity contribution >= 4 is 22.6 Å². The van der Waals surface area contributed by atoms with Crippen LogP contribution in [0, 0.1) is 0 Å². The van der Waals surface area contributed by atoms with Crippen LogP contribution in [0.4, 0.5) is 0 Å². The summed E-state index contributed by atoms with van der Waals surface area (Å²) in [5.74, 6) is 0.835. The summed E-state index contributed by atoms with van der Waals surface area (Å²) >= 11 is 6.23. The van der Waals surface area contributed by atoms with Crippen molar-refractivity contribution in [3.8, 4) is 5.82 Å². The molecule has 1 N–H and O–H groups in total. The number of halogens is 1. The highest BCUT2D eigenvalue weighted by atomic mass is 35.5. The van der Waals surface area contributed by atoms with Crippen molar-refractivity contribution in [1.29, 1.82) is 0 Å². The van der Waals surface area contributed by atoms with Gasteiger partial charge in [0.2, 0.25) is 0 Å². The normalized spacial score (nSPS) is 11.1. The van der Waals surface area contributed by atoms with Crippen LogP contribution in [0.25, 0.3) is 16.9 Å². The molecule has 0 fully saturated rings. The topological polar surface area (TPSA) is 42.7 Å². The van der Waals surface area contributed by atoms with Crippen molar-refractivity contribution in [3.63, 3.8) is 0 Å². The first-order chi connectivity index (χ1) is 10.3. The average molecular weight is 301 g/mol. The van der Waals surface area contributed by atoms with Crippen LogP contribution < -0.4 is 5.32 Å². The van der Waals surface area contributed by atoms with E-state index in [1.807, 2.05) is 34.9 Å². The second kappa shape index (κ2) is 6.24. The zero-order valence-electron chi connectivity index (χ0n) is 11.9. The van der Waals surface area contributed by atoms with Gasteiger partial charge in [-0.25, -0.2) is 9.97 Å². The molecule has 0 aliphatic heterocycles. The number of para-hydroxylation sites is 2. The molecule has 108 valence electrons. The van der Waals surface area contributed by atoms with E-state index in [4.69, 9.17) is 11.6 Å². The average Bonchev–Trinajstić information content (AvgIpc) is 2.93. The van der Waals surface area contributed by atoms with E-state index in [9.17, 15) is 0 Å². The monoisotopic (exact) mass is 300 g/mol. The Morgan fingerprint density at radius 2 is 2.10 bits per heavy atom. The molecular formula is C16H17ClN4. The van der Waals surface area contributed by atoms with E-state index in [-0.39, 0.29) is 0 Å². The van der Waals surface area contributed by atoms with Gasteiger partial charge < -0.3 is 5.32 Å². The predicted octanol–water partition coefficient (Wildman–Crippen LogP) is 3.57. The highest BCUT2D eigenvalue weighted by Crippen LogP contribution is 2.21. The molecule has 3 aromatic rings. The molecule has 0 amide bonds. The van der Waals surface area contributed by atoms with Gasteiger partial charge in [0, 0.05) is 12.7 Å². The number of fused-ring (bicyclic) bond motifs is 1. The fraction of sp³-hybridized carbons (Fsp3) is 0.250. The number of hydrogen-bond acceptors (Lipinski definition) is 3. The van der Waals surface area contributed by atoms with Gasteiger partial charge in [0.05, 0.1) is 16.1 Å². The molecule has 21 heavy (non-hydrogen) atoms. The minimum atomic E-state index is 0.687. The Kier molecular flexibility index (Phi) is 4.18. The largest absolute Gasteiger partial charge is 0.313 e. The summed E-state index contributed by atoms with van der Waals surface area (Å²) in [5.41, 5.74) is 3.05. The van der Waals surface area contributed by atoms with Gasteiger partial charge in [-0.3, -0.25) is 4.57 Å². The lowest BCUT2D eigenvalue weighted by Crippen LogP contribution is -2.14. The lowest BCUT2D eigenvalue weighted by molar-refractivity contribution is 0.674. The smallest absolute Gasteiger partial charge is 0.138 e. The van der Waals surface area contributed by atoms with Gasteiger partial charge in [0.1, 0.15) is 12.1 Å². The molecule has 0 atom stereocenters. The van der Waals surface area contributed by atoms with Crippen molar-refractivity contribution in [1.82, 2.24) is 19.9 Å². The molecule has 0 saturated carbocycles. The molecule has 0 unspecified atom stereocenters. The van der Waals surface area contributed by atoms with E-state index < -0.39 is 0 Å². The first-order valence-electron chi connectivity index (χ1n) is 7.07. The van der Waals surface area contributed by atoms with Gasteiger partial charge in [-0.1, -0.05) is 30.7 Å². The number of benzene rings is 1. The lowest BCUT2D eigenvalue weighted by Gasteiger charge is -2.09. The molecule has 0 aliphatic rings. The number of nitrogens with one attached hydrogen (secondary N) is 1. The fourth-order valence-electron chi connectivity index (χ4n) is 2.28. The molecule has 0 radical (unpaired) electrons. The predicted molar refractivity (Wildman–Crippen MR) is 85.9 cm³/mol. The van der Waals surface area contributed by atoms with Crippen LogP contribution in [0.2, 0.25) is 5.02 Å². The highest BCUT2D eigenvalue weighted by Gasteiger charge is 2.08. The summed E-state index contributed by atoms with van der Waals surface area (Å²) < 4.78 is 1.98. The minimum Gasteiger partial charge on any atom is -0.313 e. The van der Waals surface area contributed by atoms with Crippen molar-refractivity contribution in [2.45, 2.75) is 19.9 Å². The molecule has 2 aromatic heterocycles. The number of imidazole rings is 1. The molecule has 2 heterocycles. The van der Waals surface area contributed by atoms with Crippen LogP contribution in [0.1, 0.15) is 18.9 Å². The zero-order valence-corrected chi connectivity index (χ0v) is 12.6. The number of aromatic nitrogens is 3. The summed E-state index contributed by atoms with van der Waals surface area (Å²) in [6, 6.07) is 10.0. The maximum absolute atomic E-state index is 6.23. The maximum atomic E-state index is 6.23. The van der Waals surface area contributed by atoms with E-state index in [1.54, 1.807) is 12.5 Å². The number of nitrogens with zero attached hydrogens (tertiary/aromatic N) is 3. The second-order valence-electron chi connectivity index (χ2n) is 4.91. The van der Waals surface area contributed by atoms with Gasteiger partial charge in [-0.05, 0) is 36.7 Å². The molecule has 0 aliphatic carbocycles. The second-order valence-corrected chi connectivity index (χ2v) is 5.32. The standard InChI is InChI=1S/C16H17ClN4/c1-2-7-18-9-12-8-16(19-10-13(12)17)21-11-20-14-5-3-4-6-15(14)21/h3-6,8,10-11,18H,2,7,9H2,1H3. The Hall–Kier alpha value is -1.91. The summed E-state index contributed by atoms with van der Waals surface area (Å²) in [4.78, 5) is 8.82. The Morgan fingerprint density at radius 1 is 1.24 bits per heavy atom. The van der Waals surface area contributed by atoms with Crippen molar-refractivity contribution < 1.29 is 0 Å². The molecule has 5 heteroatoms. The fourth-order valence-corrected chi connectivity index (χ4v) is 2.45. The number of pyridine rings is 1. The van der Waals surface area contributed by atoms with Gasteiger partial charge in [0.25, 0.3) is 0 Å². The molecule has 0 spiro atoms. The summed E-state index contributed by atoms with van der Waals surface area (Å²) in [6.07, 6.45) is 4.60. The van der Waals surface area contributed by atoms with Crippen LogP contribution in [-0.4, -0.2) is 21.1 Å². The third-order valence-electron chi connectivity index (χ3n) is 3.36. The van der Waals surface area contributed by atoms with E-state index in [1.165, 1.54) is 0 Å². The number of hydrogen-bond donors (Lipinski definition) is 1. The van der Waals surface area contributed by atoms with Crippen molar-refractivity contribution in [3.05, 3.63) is 53.4 Å². The van der Waals surface area contributed by atoms with Gasteiger partial charge in [-0.2, -0.15) is 0 Å². The van der Waals surface area contributed by atoms with E-state index in [2.05, 4.69) is 22.2 Å². The van der Waals surface area contributed by atoms with Crippen molar-refractivity contribution in [2.75, 3.05) is 6.54 Å². The molecule has 4 nitrogen and oxygen atoms in total. The Labute approximate surface area is 128 Å². The molecule has 1 aromatic carbocycles. The first-order valence-corrected chi connectivity index (χ1v) is 7.45. The van der Waals surface area contributed by atoms with Crippen LogP contribution in [-0.2, 0) is 6.54 Å². The Balaban J connectivity index is 1.97. The maximum Gasteiger partial charge on any atom is 0.138 e. The Bertz CT molecular complexity index is 751. The summed E-state index contributed by atoms with van der Waals surface area (Å²) in [6.45, 7) is 3.86. The molecule has 0 saturated heterocycles. The van der Waals surface area contributed by atoms with Crippen LogP contribution in [0.5, 0.6) is 0 Å². The lowest BCUT2D eigenvalue weighted by atomic mass is 10.2. The van der Waals surface area contributed by atoms with Crippen LogP contribution in [0.3, 0.4) is 0 Å². The first kappa shape index (κ1) is 14.0.